The van der Waals surface area contributed by atoms with E-state index in [1.807, 2.05) is 0 Å². The van der Waals surface area contributed by atoms with Gasteiger partial charge in [-0.05, 0) is 44.4 Å². The highest BCUT2D eigenvalue weighted by Gasteiger charge is 2.21. The van der Waals surface area contributed by atoms with Gasteiger partial charge < -0.3 is 20.3 Å². The van der Waals surface area contributed by atoms with Crippen molar-refractivity contribution in [2.45, 2.75) is 44.6 Å². The largest absolute Gasteiger partial charge is 0.490 e. The lowest BCUT2D eigenvalue weighted by Crippen LogP contribution is -2.43. The fourth-order valence-electron chi connectivity index (χ4n) is 4.19. The minimum atomic E-state index is 0.212. The van der Waals surface area contributed by atoms with Crippen LogP contribution in [0, 0.1) is 5.92 Å². The molecule has 30 heavy (non-hydrogen) atoms. The van der Waals surface area contributed by atoms with Crippen LogP contribution in [0.25, 0.3) is 0 Å². The van der Waals surface area contributed by atoms with Crippen LogP contribution in [0.4, 0.5) is 11.9 Å². The molecule has 1 unspecified atom stereocenters. The summed E-state index contributed by atoms with van der Waals surface area (Å²) in [5, 5.41) is 0.573. The van der Waals surface area contributed by atoms with Gasteiger partial charge in [0.25, 0.3) is 0 Å². The number of ether oxygens (including phenoxy) is 1. The summed E-state index contributed by atoms with van der Waals surface area (Å²) >= 11 is 5.87. The van der Waals surface area contributed by atoms with Crippen molar-refractivity contribution in [3.05, 3.63) is 29.8 Å². The molecule has 2 aliphatic rings. The van der Waals surface area contributed by atoms with Gasteiger partial charge in [-0.2, -0.15) is 0 Å². The number of anilines is 2. The molecule has 0 aromatic carbocycles. The second-order valence-corrected chi connectivity index (χ2v) is 8.63. The Kier molecular flexibility index (Phi) is 7.17. The van der Waals surface area contributed by atoms with Crippen molar-refractivity contribution < 1.29 is 4.74 Å². The molecule has 0 aliphatic carbocycles. The standard InChI is InChI=1S/C21H30ClN7O/c22-17-11-24-20(25-12-17)28-8-5-16(6-9-28)3-2-10-30-19-13-26-21(27-14-19)29-7-1-4-18(23)15-29/h11-14,16,18H,1-10,15,23H2. The summed E-state index contributed by atoms with van der Waals surface area (Å²) < 4.78 is 5.85. The van der Waals surface area contributed by atoms with E-state index in [2.05, 4.69) is 29.7 Å². The van der Waals surface area contributed by atoms with Crippen molar-refractivity contribution in [3.63, 3.8) is 0 Å². The van der Waals surface area contributed by atoms with Crippen molar-refractivity contribution in [1.82, 2.24) is 19.9 Å². The molecule has 8 nitrogen and oxygen atoms in total. The number of aromatic nitrogens is 4. The summed E-state index contributed by atoms with van der Waals surface area (Å²) in [4.78, 5) is 21.9. The van der Waals surface area contributed by atoms with Gasteiger partial charge in [0.1, 0.15) is 0 Å². The average molecular weight is 432 g/mol. The highest BCUT2D eigenvalue weighted by atomic mass is 35.5. The Morgan fingerprint density at radius 1 is 0.933 bits per heavy atom. The van der Waals surface area contributed by atoms with Gasteiger partial charge in [0.2, 0.25) is 11.9 Å². The lowest BCUT2D eigenvalue weighted by atomic mass is 9.92. The van der Waals surface area contributed by atoms with Crippen LogP contribution >= 0.6 is 11.6 Å². The molecule has 4 heterocycles. The minimum absolute atomic E-state index is 0.212. The van der Waals surface area contributed by atoms with Gasteiger partial charge >= 0.3 is 0 Å². The van der Waals surface area contributed by atoms with Crippen LogP contribution in [0.2, 0.25) is 5.02 Å². The molecule has 162 valence electrons. The molecule has 2 fully saturated rings. The normalized spacial score (nSPS) is 20.4. The topological polar surface area (TPSA) is 93.3 Å². The lowest BCUT2D eigenvalue weighted by molar-refractivity contribution is 0.277. The van der Waals surface area contributed by atoms with Crippen LogP contribution in [0.3, 0.4) is 0 Å². The van der Waals surface area contributed by atoms with Gasteiger partial charge in [0.05, 0.1) is 36.4 Å². The molecule has 2 saturated heterocycles. The molecule has 0 amide bonds. The number of hydrogen-bond acceptors (Lipinski definition) is 8. The summed E-state index contributed by atoms with van der Waals surface area (Å²) in [7, 11) is 0. The van der Waals surface area contributed by atoms with Crippen LogP contribution in [0.1, 0.15) is 38.5 Å². The number of rotatable bonds is 7. The van der Waals surface area contributed by atoms with E-state index in [1.165, 1.54) is 6.42 Å². The van der Waals surface area contributed by atoms with E-state index in [9.17, 15) is 0 Å². The number of hydrogen-bond donors (Lipinski definition) is 1. The third-order valence-electron chi connectivity index (χ3n) is 5.88. The maximum Gasteiger partial charge on any atom is 0.225 e. The predicted molar refractivity (Wildman–Crippen MR) is 118 cm³/mol. The first-order valence-corrected chi connectivity index (χ1v) is 11.2. The van der Waals surface area contributed by atoms with E-state index in [0.717, 1.165) is 81.8 Å². The van der Waals surface area contributed by atoms with Crippen LogP contribution in [0.5, 0.6) is 5.75 Å². The molecule has 0 spiro atoms. The van der Waals surface area contributed by atoms with Gasteiger partial charge in [0, 0.05) is 32.2 Å². The molecule has 9 heteroatoms. The molecule has 4 rings (SSSR count). The van der Waals surface area contributed by atoms with Gasteiger partial charge in [0.15, 0.2) is 5.75 Å². The van der Waals surface area contributed by atoms with Crippen molar-refractivity contribution in [2.24, 2.45) is 11.7 Å². The van der Waals surface area contributed by atoms with E-state index < -0.39 is 0 Å². The maximum absolute atomic E-state index is 6.04. The second-order valence-electron chi connectivity index (χ2n) is 8.19. The Balaban J connectivity index is 1.14. The van der Waals surface area contributed by atoms with E-state index in [-0.39, 0.29) is 6.04 Å². The minimum Gasteiger partial charge on any atom is -0.490 e. The zero-order valence-corrected chi connectivity index (χ0v) is 18.0. The average Bonchev–Trinajstić information content (AvgIpc) is 2.78. The third-order valence-corrected chi connectivity index (χ3v) is 6.08. The Hall–Kier alpha value is -2.19. The number of nitrogens with zero attached hydrogens (tertiary/aromatic N) is 6. The van der Waals surface area contributed by atoms with Gasteiger partial charge in [-0.25, -0.2) is 19.9 Å². The Bertz CT molecular complexity index is 781. The molecular formula is C21H30ClN7O. The van der Waals surface area contributed by atoms with Crippen molar-refractivity contribution in [1.29, 1.82) is 0 Å². The molecule has 0 bridgehead atoms. The fourth-order valence-corrected chi connectivity index (χ4v) is 4.29. The molecule has 2 aromatic heterocycles. The Morgan fingerprint density at radius 2 is 1.60 bits per heavy atom. The number of piperidine rings is 2. The summed E-state index contributed by atoms with van der Waals surface area (Å²) in [6, 6.07) is 0.212. The maximum atomic E-state index is 6.04. The summed E-state index contributed by atoms with van der Waals surface area (Å²) in [6.45, 7) is 4.46. The SMILES string of the molecule is NC1CCCN(c2ncc(OCCCC3CCN(c4ncc(Cl)cn4)CC3)cn2)C1. The summed E-state index contributed by atoms with van der Waals surface area (Å²) in [5.74, 6) is 2.97. The Morgan fingerprint density at radius 3 is 2.30 bits per heavy atom. The first-order valence-electron chi connectivity index (χ1n) is 10.9. The zero-order chi connectivity index (χ0) is 20.8. The van der Waals surface area contributed by atoms with E-state index in [1.54, 1.807) is 24.8 Å². The number of halogens is 1. The molecule has 2 N–H and O–H groups in total. The van der Waals surface area contributed by atoms with Crippen molar-refractivity contribution >= 4 is 23.5 Å². The predicted octanol–water partition coefficient (Wildman–Crippen LogP) is 2.92. The monoisotopic (exact) mass is 431 g/mol. The van der Waals surface area contributed by atoms with E-state index in [0.29, 0.717) is 11.6 Å². The van der Waals surface area contributed by atoms with Gasteiger partial charge in [-0.1, -0.05) is 11.6 Å². The molecule has 2 aromatic rings. The Labute approximate surface area is 182 Å². The molecule has 2 aliphatic heterocycles. The molecular weight excluding hydrogens is 402 g/mol. The highest BCUT2D eigenvalue weighted by molar-refractivity contribution is 6.30. The van der Waals surface area contributed by atoms with E-state index in [4.69, 9.17) is 22.1 Å². The van der Waals surface area contributed by atoms with Crippen LogP contribution in [0.15, 0.2) is 24.8 Å². The summed E-state index contributed by atoms with van der Waals surface area (Å²) in [5.41, 5.74) is 6.04. The first-order chi connectivity index (χ1) is 14.7. The van der Waals surface area contributed by atoms with Crippen LogP contribution < -0.4 is 20.3 Å². The fraction of sp³-hybridized carbons (Fsp3) is 0.619. The molecule has 0 saturated carbocycles. The highest BCUT2D eigenvalue weighted by Crippen LogP contribution is 2.24. The van der Waals surface area contributed by atoms with Crippen molar-refractivity contribution in [2.75, 3.05) is 42.6 Å². The van der Waals surface area contributed by atoms with E-state index >= 15 is 0 Å². The zero-order valence-electron chi connectivity index (χ0n) is 17.3. The van der Waals surface area contributed by atoms with Crippen LogP contribution in [-0.4, -0.2) is 58.8 Å². The smallest absolute Gasteiger partial charge is 0.225 e. The van der Waals surface area contributed by atoms with Crippen molar-refractivity contribution in [3.8, 4) is 5.75 Å². The second kappa shape index (κ2) is 10.2. The van der Waals surface area contributed by atoms with Gasteiger partial charge in [-0.15, -0.1) is 0 Å². The quantitative estimate of drug-likeness (QED) is 0.669. The number of nitrogens with two attached hydrogens (primary N) is 1. The molecule has 1 atom stereocenters. The van der Waals surface area contributed by atoms with Crippen LogP contribution in [-0.2, 0) is 0 Å². The lowest BCUT2D eigenvalue weighted by Gasteiger charge is -2.32. The first kappa shape index (κ1) is 21.1. The summed E-state index contributed by atoms with van der Waals surface area (Å²) in [6.07, 6.45) is 13.5. The molecule has 0 radical (unpaired) electrons. The third kappa shape index (κ3) is 5.70. The van der Waals surface area contributed by atoms with Gasteiger partial charge in [-0.3, -0.25) is 0 Å².